The molecule has 2 N–H and O–H groups in total. The molecule has 0 radical (unpaired) electrons. The van der Waals surface area contributed by atoms with Crippen LogP contribution in [0.2, 0.25) is 36.3 Å². The summed E-state index contributed by atoms with van der Waals surface area (Å²) < 4.78 is 24.3. The molecule has 0 bridgehead atoms. The Labute approximate surface area is 567 Å². The fourth-order valence-electron chi connectivity index (χ4n) is 6.71. The maximum atomic E-state index is 13.3. The van der Waals surface area contributed by atoms with Crippen molar-refractivity contribution in [2.24, 2.45) is 0 Å². The van der Waals surface area contributed by atoms with Crippen molar-refractivity contribution in [1.29, 1.82) is 0 Å². The number of hydrogen-bond acceptors (Lipinski definition) is 12. The molecule has 0 aliphatic heterocycles. The van der Waals surface area contributed by atoms with Gasteiger partial charge in [-0.1, -0.05) is 131 Å². The molecule has 3 atom stereocenters. The number of hydrogen-bond donors (Lipinski definition) is 2. The van der Waals surface area contributed by atoms with Crippen molar-refractivity contribution in [3.05, 3.63) is 153 Å². The molecule has 0 saturated heterocycles. The summed E-state index contributed by atoms with van der Waals surface area (Å²) in [5, 5.41) is 26.3. The maximum Gasteiger partial charge on any atom is 1.00 e. The monoisotopic (exact) mass is 1180 g/mol. The summed E-state index contributed by atoms with van der Waals surface area (Å²) >= 11 is 0. The van der Waals surface area contributed by atoms with E-state index in [-0.39, 0.29) is 121 Å². The second-order valence-electron chi connectivity index (χ2n) is 22.7. The minimum Gasteiger partial charge on any atom is -1.00 e. The smallest absolute Gasteiger partial charge is 1.00 e. The first-order chi connectivity index (χ1) is 36.0. The van der Waals surface area contributed by atoms with E-state index in [1.54, 1.807) is 0 Å². The van der Waals surface area contributed by atoms with E-state index in [4.69, 9.17) is 33.5 Å². The summed E-state index contributed by atoms with van der Waals surface area (Å²) in [5.74, 6) is -0.403. The SMILES string of the molecule is C/C(=C/C[C@H](O)/C(C)=C/c1cccc(C)n1)CC/C=C(\C)CO[Si](C)(C)C(C)(C)C.CO.CO[C@@H](C(=O)O[C@@H](C/C=C(/C)CC/C=C(\C)CO[Si](C)(C)C(C)(C)C)/C(C)=C/c1cccc(C)n1)c1ccccc1.O=CO[O-].[H-].[K+].[K+]. The summed E-state index contributed by atoms with van der Waals surface area (Å²) in [7, 11) is -0.909. The number of esters is 1. The number of rotatable bonds is 25. The van der Waals surface area contributed by atoms with Crippen LogP contribution in [0.1, 0.15) is 157 Å². The Balaban J connectivity index is -0.000000657. The second-order valence-corrected chi connectivity index (χ2v) is 32.3. The molecule has 0 saturated carbocycles. The molecule has 1 aromatic carbocycles. The zero-order chi connectivity index (χ0) is 59.0. The van der Waals surface area contributed by atoms with Crippen molar-refractivity contribution in [1.82, 2.24) is 9.97 Å². The van der Waals surface area contributed by atoms with Crippen molar-refractivity contribution in [3.63, 3.8) is 0 Å². The molecule has 0 aliphatic rings. The molecule has 0 fully saturated rings. The van der Waals surface area contributed by atoms with Gasteiger partial charge < -0.3 is 40.1 Å². The predicted molar refractivity (Wildman–Crippen MR) is 323 cm³/mol. The van der Waals surface area contributed by atoms with Gasteiger partial charge in [0.25, 0.3) is 6.47 Å². The van der Waals surface area contributed by atoms with Gasteiger partial charge in [-0.05, 0) is 177 Å². The maximum absolute atomic E-state index is 13.3. The van der Waals surface area contributed by atoms with Crippen molar-refractivity contribution in [2.75, 3.05) is 27.4 Å². The van der Waals surface area contributed by atoms with Crippen molar-refractivity contribution >= 4 is 41.2 Å². The van der Waals surface area contributed by atoms with Crippen LogP contribution in [0.15, 0.2) is 124 Å². The fourth-order valence-corrected chi connectivity index (χ4v) is 8.76. The number of ether oxygens (including phenoxy) is 2. The topological polar surface area (TPSA) is 170 Å². The number of aliphatic hydroxyl groups excluding tert-OH is 2. The van der Waals surface area contributed by atoms with E-state index < -0.39 is 40.9 Å². The molecule has 0 amide bonds. The van der Waals surface area contributed by atoms with Crippen molar-refractivity contribution in [2.45, 2.75) is 190 Å². The van der Waals surface area contributed by atoms with Gasteiger partial charge in [0.2, 0.25) is 0 Å². The van der Waals surface area contributed by atoms with Crippen LogP contribution in [0.25, 0.3) is 12.2 Å². The Kier molecular flexibility index (Phi) is 44.5. The Morgan fingerprint density at radius 1 is 0.646 bits per heavy atom. The zero-order valence-electron chi connectivity index (χ0n) is 53.8. The average Bonchev–Trinajstić information content (AvgIpc) is 3.36. The summed E-state index contributed by atoms with van der Waals surface area (Å²) in [5.41, 5.74) is 11.5. The number of carbonyl (C=O) groups excluding carboxylic acids is 2. The van der Waals surface area contributed by atoms with Crippen LogP contribution in [0, 0.1) is 13.8 Å². The van der Waals surface area contributed by atoms with E-state index in [2.05, 4.69) is 135 Å². The van der Waals surface area contributed by atoms with Gasteiger partial charge in [0.15, 0.2) is 22.7 Å². The fraction of sp³-hybridized carbons (Fsp3) is 0.524. The number of aromatic nitrogens is 2. The Bertz CT molecular complexity index is 2400. The van der Waals surface area contributed by atoms with Gasteiger partial charge in [-0.15, -0.1) is 0 Å². The van der Waals surface area contributed by atoms with Crippen LogP contribution >= 0.6 is 0 Å². The first-order valence-electron chi connectivity index (χ1n) is 26.7. The van der Waals surface area contributed by atoms with E-state index in [9.17, 15) is 9.90 Å². The number of allylic oxidation sites excluding steroid dienone is 4. The third-order valence-corrected chi connectivity index (χ3v) is 22.8. The van der Waals surface area contributed by atoms with Crippen LogP contribution in [-0.4, -0.2) is 88.9 Å². The number of methoxy groups -OCH3 is 1. The normalized spacial score (nSPS) is 14.0. The molecular formula is C63H100K2N2O10Si2. The molecule has 0 aliphatic carbocycles. The molecule has 2 heterocycles. The molecule has 12 nitrogen and oxygen atoms in total. The summed E-state index contributed by atoms with van der Waals surface area (Å²) in [6.07, 6.45) is 16.3. The Morgan fingerprint density at radius 2 is 1.05 bits per heavy atom. The third kappa shape index (κ3) is 35.3. The first-order valence-corrected chi connectivity index (χ1v) is 32.6. The predicted octanol–water partition coefficient (Wildman–Crippen LogP) is 8.58. The van der Waals surface area contributed by atoms with Gasteiger partial charge in [-0.3, -0.25) is 14.8 Å². The zero-order valence-corrected chi connectivity index (χ0v) is 61.1. The van der Waals surface area contributed by atoms with Crippen molar-refractivity contribution < 1.29 is 152 Å². The van der Waals surface area contributed by atoms with Crippen LogP contribution in [0.5, 0.6) is 0 Å². The molecule has 2 aromatic heterocycles. The molecule has 3 aromatic rings. The van der Waals surface area contributed by atoms with E-state index in [1.807, 2.05) is 107 Å². The van der Waals surface area contributed by atoms with Gasteiger partial charge in [-0.25, -0.2) is 4.79 Å². The summed E-state index contributed by atoms with van der Waals surface area (Å²) in [6, 6.07) is 21.3. The molecule has 3 rings (SSSR count). The molecular weight excluding hydrogens is 1080 g/mol. The van der Waals surface area contributed by atoms with Crippen molar-refractivity contribution in [3.8, 4) is 0 Å². The van der Waals surface area contributed by atoms with Gasteiger partial charge in [-0.2, -0.15) is 0 Å². The van der Waals surface area contributed by atoms with E-state index >= 15 is 0 Å². The van der Waals surface area contributed by atoms with Crippen LogP contribution in [0.3, 0.4) is 0 Å². The second kappa shape index (κ2) is 43.1. The van der Waals surface area contributed by atoms with Crippen LogP contribution in [0.4, 0.5) is 0 Å². The van der Waals surface area contributed by atoms with Gasteiger partial charge in [0.1, 0.15) is 6.10 Å². The number of benzene rings is 1. The number of aliphatic hydroxyl groups is 2. The molecule has 0 spiro atoms. The van der Waals surface area contributed by atoms with Crippen LogP contribution in [-0.2, 0) is 32.8 Å². The molecule has 0 unspecified atom stereocenters. The van der Waals surface area contributed by atoms with Gasteiger partial charge in [0, 0.05) is 32.0 Å². The molecule has 432 valence electrons. The van der Waals surface area contributed by atoms with Gasteiger partial charge in [0.05, 0.1) is 30.7 Å². The number of nitrogens with zero attached hydrogens (tertiary/aromatic N) is 2. The first kappa shape index (κ1) is 81.6. The quantitative estimate of drug-likeness (QED) is 0.0207. The Morgan fingerprint density at radius 3 is 1.43 bits per heavy atom. The summed E-state index contributed by atoms with van der Waals surface area (Å²) in [6.45, 7) is 40.5. The van der Waals surface area contributed by atoms with E-state index in [1.165, 1.54) is 29.4 Å². The minimum absolute atomic E-state index is 0. The largest absolute Gasteiger partial charge is 1.00 e. The third-order valence-electron chi connectivity index (χ3n) is 13.8. The van der Waals surface area contributed by atoms with Gasteiger partial charge >= 0.3 is 109 Å². The number of pyridine rings is 2. The van der Waals surface area contributed by atoms with E-state index in [0.29, 0.717) is 19.4 Å². The number of carbonyl (C=O) groups is 2. The Hall–Kier alpha value is -1.63. The average molecular weight is 1180 g/mol. The molecule has 79 heavy (non-hydrogen) atoms. The standard InChI is InChI=1S/C35H51NO4Si.C26H43NO2Si.CH2O3.CH4O.2K.H/c1-26(16-14-17-27(2)25-39-41(9,10)35(5,6)7)22-23-32(28(3)24-31-21-15-18-29(4)36-31)40-34(37)33(38-8)30-19-12-11-13-20-30;1-20(12-10-13-21(2)19-29-30(8,9)26(5,6)7)16-17-25(28)22(3)18-24-15-11-14-23(4)27-24;2-1-4-3;1-2;;;/h11-13,15,17-22,24,32-33H,14,16,23,25H2,1-10H3;11,13-16,18,25,28H,10,12,17,19H2,1-9H3;1,3H;2H,1H3;;;/q;;;;2*+1;-1/p-1/b26-22-,27-17+,28-24+;20-16-,21-13+,22-18+;;;;;/t32-,33+;25-;;;;;/m00...../s1. The summed E-state index contributed by atoms with van der Waals surface area (Å²) in [4.78, 5) is 33.6. The minimum atomic E-state index is -1.76. The van der Waals surface area contributed by atoms with Crippen LogP contribution < -0.4 is 108 Å². The van der Waals surface area contributed by atoms with E-state index in [0.717, 1.165) is 78.9 Å². The number of aryl methyl sites for hydroxylation is 2. The molecule has 16 heteroatoms.